The first kappa shape index (κ1) is 17.4. The van der Waals surface area contributed by atoms with E-state index in [1.807, 2.05) is 36.4 Å². The topological polar surface area (TPSA) is 53.3 Å². The summed E-state index contributed by atoms with van der Waals surface area (Å²) in [6.07, 6.45) is 0.706. The van der Waals surface area contributed by atoms with Crippen LogP contribution in [-0.2, 0) is 11.3 Å². The molecule has 0 saturated heterocycles. The molecule has 1 heterocycles. The lowest BCUT2D eigenvalue weighted by Crippen LogP contribution is -2.24. The predicted molar refractivity (Wildman–Crippen MR) is 99.6 cm³/mol. The number of rotatable bonds is 6. The van der Waals surface area contributed by atoms with E-state index in [1.54, 1.807) is 11.0 Å². The molecule has 0 bridgehead atoms. The van der Waals surface area contributed by atoms with E-state index < -0.39 is 0 Å². The summed E-state index contributed by atoms with van der Waals surface area (Å²) in [5, 5.41) is 9.15. The summed E-state index contributed by atoms with van der Waals surface area (Å²) < 4.78 is 6.55. The Balaban J connectivity index is 1.50. The molecule has 1 aliphatic rings. The van der Waals surface area contributed by atoms with Crippen LogP contribution < -0.4 is 0 Å². The van der Waals surface area contributed by atoms with E-state index in [2.05, 4.69) is 28.6 Å². The van der Waals surface area contributed by atoms with Gasteiger partial charge in [0.05, 0.1) is 18.2 Å². The van der Waals surface area contributed by atoms with Crippen molar-refractivity contribution in [1.82, 2.24) is 4.90 Å². The molecule has 1 aliphatic heterocycles. The first-order valence-corrected chi connectivity index (χ1v) is 8.77. The molecule has 0 unspecified atom stereocenters. The SMILES string of the molecule is C=C1c2ccccc2C(=O)N1CCCOCc1ccc(Br)cc1C#N. The highest BCUT2D eigenvalue weighted by molar-refractivity contribution is 9.10. The summed E-state index contributed by atoms with van der Waals surface area (Å²) in [6.45, 7) is 5.48. The van der Waals surface area contributed by atoms with E-state index in [-0.39, 0.29) is 5.91 Å². The van der Waals surface area contributed by atoms with Crippen LogP contribution in [0.5, 0.6) is 0 Å². The number of fused-ring (bicyclic) bond motifs is 1. The molecule has 0 spiro atoms. The molecule has 0 atom stereocenters. The Morgan fingerprint density at radius 3 is 2.68 bits per heavy atom. The average molecular weight is 397 g/mol. The van der Waals surface area contributed by atoms with Crippen molar-refractivity contribution in [2.45, 2.75) is 13.0 Å². The molecular formula is C20H17BrN2O2. The second-order valence-corrected chi connectivity index (χ2v) is 6.68. The Labute approximate surface area is 155 Å². The zero-order valence-corrected chi connectivity index (χ0v) is 15.3. The number of carbonyl (C=O) groups excluding carboxylic acids is 1. The molecule has 4 nitrogen and oxygen atoms in total. The summed E-state index contributed by atoms with van der Waals surface area (Å²) in [5.41, 5.74) is 3.83. The normalized spacial score (nSPS) is 13.0. The Bertz CT molecular complexity index is 835. The van der Waals surface area contributed by atoms with Crippen LogP contribution in [0.3, 0.4) is 0 Å². The quantitative estimate of drug-likeness (QED) is 0.681. The van der Waals surface area contributed by atoms with Crippen LogP contribution in [-0.4, -0.2) is 24.0 Å². The van der Waals surface area contributed by atoms with Gasteiger partial charge in [0.1, 0.15) is 0 Å². The third-order valence-corrected chi connectivity index (χ3v) is 4.65. The number of nitrogens with zero attached hydrogens (tertiary/aromatic N) is 2. The zero-order valence-electron chi connectivity index (χ0n) is 13.7. The predicted octanol–water partition coefficient (Wildman–Crippen LogP) is 4.35. The number of carbonyl (C=O) groups is 1. The summed E-state index contributed by atoms with van der Waals surface area (Å²) in [7, 11) is 0. The maximum atomic E-state index is 12.4. The Morgan fingerprint density at radius 2 is 1.96 bits per heavy atom. The number of ether oxygens (including phenoxy) is 1. The van der Waals surface area contributed by atoms with E-state index in [9.17, 15) is 4.79 Å². The lowest BCUT2D eigenvalue weighted by Gasteiger charge is -2.17. The van der Waals surface area contributed by atoms with Crippen LogP contribution in [0.1, 0.15) is 33.5 Å². The van der Waals surface area contributed by atoms with Gasteiger partial charge in [0.15, 0.2) is 0 Å². The lowest BCUT2D eigenvalue weighted by atomic mass is 10.1. The van der Waals surface area contributed by atoms with Gasteiger partial charge < -0.3 is 9.64 Å². The third-order valence-electron chi connectivity index (χ3n) is 4.16. The van der Waals surface area contributed by atoms with Crippen molar-refractivity contribution in [2.24, 2.45) is 0 Å². The van der Waals surface area contributed by atoms with Gasteiger partial charge in [-0.2, -0.15) is 5.26 Å². The van der Waals surface area contributed by atoms with Gasteiger partial charge in [0.25, 0.3) is 5.91 Å². The van der Waals surface area contributed by atoms with Gasteiger partial charge in [-0.1, -0.05) is 46.8 Å². The van der Waals surface area contributed by atoms with Gasteiger partial charge in [-0.3, -0.25) is 4.79 Å². The summed E-state index contributed by atoms with van der Waals surface area (Å²) in [4.78, 5) is 14.1. The highest BCUT2D eigenvalue weighted by Gasteiger charge is 2.29. The lowest BCUT2D eigenvalue weighted by molar-refractivity contribution is 0.0814. The van der Waals surface area contributed by atoms with Gasteiger partial charge in [-0.25, -0.2) is 0 Å². The molecular weight excluding hydrogens is 380 g/mol. The molecule has 0 aliphatic carbocycles. The summed E-state index contributed by atoms with van der Waals surface area (Å²) >= 11 is 3.35. The number of amides is 1. The van der Waals surface area contributed by atoms with E-state index in [4.69, 9.17) is 10.00 Å². The zero-order chi connectivity index (χ0) is 17.8. The molecule has 0 fully saturated rings. The van der Waals surface area contributed by atoms with Crippen LogP contribution in [0.25, 0.3) is 5.70 Å². The second-order valence-electron chi connectivity index (χ2n) is 5.77. The number of hydrogen-bond acceptors (Lipinski definition) is 3. The highest BCUT2D eigenvalue weighted by atomic mass is 79.9. The van der Waals surface area contributed by atoms with Gasteiger partial charge in [-0.05, 0) is 30.2 Å². The Kier molecular flexibility index (Phi) is 5.32. The fraction of sp³-hybridized carbons (Fsp3) is 0.200. The van der Waals surface area contributed by atoms with Gasteiger partial charge in [-0.15, -0.1) is 0 Å². The minimum Gasteiger partial charge on any atom is -0.377 e. The number of nitriles is 1. The third kappa shape index (κ3) is 3.65. The van der Waals surface area contributed by atoms with Crippen LogP contribution in [0.15, 0.2) is 53.5 Å². The van der Waals surface area contributed by atoms with Crippen LogP contribution >= 0.6 is 15.9 Å². The van der Waals surface area contributed by atoms with Crippen LogP contribution in [0, 0.1) is 11.3 Å². The molecule has 2 aromatic rings. The first-order chi connectivity index (χ1) is 12.1. The fourth-order valence-electron chi connectivity index (χ4n) is 2.86. The minimum absolute atomic E-state index is 0.000256. The van der Waals surface area contributed by atoms with Gasteiger partial charge in [0.2, 0.25) is 0 Å². The van der Waals surface area contributed by atoms with Gasteiger partial charge in [0, 0.05) is 34.4 Å². The van der Waals surface area contributed by atoms with E-state index >= 15 is 0 Å². The van der Waals surface area contributed by atoms with Crippen molar-refractivity contribution in [2.75, 3.05) is 13.2 Å². The Hall–Kier alpha value is -2.42. The standard InChI is InChI=1S/C20H17BrN2O2/c1-14-18-5-2-3-6-19(18)20(24)23(14)9-4-10-25-13-15-7-8-17(21)11-16(15)12-22/h2-3,5-8,11H,1,4,9-10,13H2. The summed E-state index contributed by atoms with van der Waals surface area (Å²) in [6, 6.07) is 15.2. The number of benzene rings is 2. The Morgan fingerprint density at radius 1 is 1.20 bits per heavy atom. The molecule has 126 valence electrons. The fourth-order valence-corrected chi connectivity index (χ4v) is 3.22. The first-order valence-electron chi connectivity index (χ1n) is 7.98. The summed E-state index contributed by atoms with van der Waals surface area (Å²) in [5.74, 6) is 0.000256. The molecule has 0 N–H and O–H groups in total. The number of hydrogen-bond donors (Lipinski definition) is 0. The molecule has 25 heavy (non-hydrogen) atoms. The molecule has 1 amide bonds. The van der Waals surface area contributed by atoms with Crippen molar-refractivity contribution in [3.05, 3.63) is 75.8 Å². The van der Waals surface area contributed by atoms with Crippen LogP contribution in [0.2, 0.25) is 0 Å². The number of halogens is 1. The van der Waals surface area contributed by atoms with Crippen LogP contribution in [0.4, 0.5) is 0 Å². The molecule has 3 rings (SSSR count). The monoisotopic (exact) mass is 396 g/mol. The van der Waals surface area contributed by atoms with Crippen molar-refractivity contribution in [3.8, 4) is 6.07 Å². The van der Waals surface area contributed by atoms with Gasteiger partial charge >= 0.3 is 0 Å². The largest absolute Gasteiger partial charge is 0.377 e. The molecule has 0 aromatic heterocycles. The molecule has 5 heteroatoms. The van der Waals surface area contributed by atoms with Crippen molar-refractivity contribution in [1.29, 1.82) is 5.26 Å². The minimum atomic E-state index is 0.000256. The van der Waals surface area contributed by atoms with E-state index in [1.165, 1.54) is 0 Å². The molecule has 2 aromatic carbocycles. The van der Waals surface area contributed by atoms with Crippen molar-refractivity contribution >= 4 is 27.5 Å². The maximum Gasteiger partial charge on any atom is 0.258 e. The smallest absolute Gasteiger partial charge is 0.258 e. The highest BCUT2D eigenvalue weighted by Crippen LogP contribution is 2.31. The maximum absolute atomic E-state index is 12.4. The molecule has 0 saturated carbocycles. The van der Waals surface area contributed by atoms with Crippen molar-refractivity contribution in [3.63, 3.8) is 0 Å². The average Bonchev–Trinajstić information content (AvgIpc) is 2.87. The van der Waals surface area contributed by atoms with E-state index in [0.717, 1.165) is 21.3 Å². The second kappa shape index (κ2) is 7.64. The molecule has 0 radical (unpaired) electrons. The van der Waals surface area contributed by atoms with Crippen molar-refractivity contribution < 1.29 is 9.53 Å². The van der Waals surface area contributed by atoms with E-state index in [0.29, 0.717) is 37.3 Å².